The van der Waals surface area contributed by atoms with Gasteiger partial charge >= 0.3 is 0 Å². The molecule has 0 N–H and O–H groups in total. The highest BCUT2D eigenvalue weighted by Crippen LogP contribution is 2.55. The normalized spacial score (nSPS) is 25.4. The summed E-state index contributed by atoms with van der Waals surface area (Å²) in [5, 5.41) is 0. The van der Waals surface area contributed by atoms with E-state index in [9.17, 15) is 0 Å². The molecule has 0 amide bonds. The van der Waals surface area contributed by atoms with Gasteiger partial charge < -0.3 is 0 Å². The SMILES string of the molecule is C/C=C(C)/C=C/[C@@H]1C[C@]1(C)c1cc(C(C)(C)C)cc(C(C)(C)C)c1. The van der Waals surface area contributed by atoms with E-state index in [4.69, 9.17) is 0 Å². The van der Waals surface area contributed by atoms with Crippen LogP contribution in [-0.2, 0) is 16.2 Å². The van der Waals surface area contributed by atoms with E-state index in [0.717, 1.165) is 0 Å². The van der Waals surface area contributed by atoms with Crippen molar-refractivity contribution in [1.82, 2.24) is 0 Å². The van der Waals surface area contributed by atoms with E-state index >= 15 is 0 Å². The van der Waals surface area contributed by atoms with Crippen LogP contribution in [0.3, 0.4) is 0 Å². The Morgan fingerprint density at radius 3 is 1.92 bits per heavy atom. The molecule has 0 radical (unpaired) electrons. The van der Waals surface area contributed by atoms with Crippen LogP contribution >= 0.6 is 0 Å². The van der Waals surface area contributed by atoms with Gasteiger partial charge in [-0.1, -0.05) is 90.5 Å². The average Bonchev–Trinajstić information content (AvgIpc) is 3.14. The van der Waals surface area contributed by atoms with Gasteiger partial charge in [-0.05, 0) is 59.1 Å². The smallest absolute Gasteiger partial charge is 0.000601 e. The third kappa shape index (κ3) is 4.02. The predicted octanol–water partition coefficient (Wildman–Crippen LogP) is 7.08. The van der Waals surface area contributed by atoms with E-state index in [1.54, 1.807) is 0 Å². The molecule has 24 heavy (non-hydrogen) atoms. The molecule has 132 valence electrons. The van der Waals surface area contributed by atoms with Gasteiger partial charge in [-0.25, -0.2) is 0 Å². The predicted molar refractivity (Wildman–Crippen MR) is 108 cm³/mol. The molecule has 0 aromatic heterocycles. The molecule has 1 fully saturated rings. The van der Waals surface area contributed by atoms with Crippen molar-refractivity contribution in [2.24, 2.45) is 5.92 Å². The van der Waals surface area contributed by atoms with Gasteiger partial charge in [0.05, 0.1) is 0 Å². The molecular formula is C24H36. The highest BCUT2D eigenvalue weighted by atomic mass is 14.5. The van der Waals surface area contributed by atoms with Gasteiger partial charge in [-0.15, -0.1) is 0 Å². The van der Waals surface area contributed by atoms with Crippen molar-refractivity contribution in [1.29, 1.82) is 0 Å². The Bertz CT molecular complexity index is 626. The van der Waals surface area contributed by atoms with E-state index in [1.165, 1.54) is 28.7 Å². The third-order valence-corrected chi connectivity index (χ3v) is 5.67. The lowest BCUT2D eigenvalue weighted by Crippen LogP contribution is -2.18. The minimum atomic E-state index is 0.189. The van der Waals surface area contributed by atoms with Crippen molar-refractivity contribution in [3.63, 3.8) is 0 Å². The second kappa shape index (κ2) is 6.21. The fraction of sp³-hybridized carbons (Fsp3) is 0.583. The molecule has 1 aromatic rings. The highest BCUT2D eigenvalue weighted by molar-refractivity contribution is 5.44. The van der Waals surface area contributed by atoms with Crippen molar-refractivity contribution < 1.29 is 0 Å². The van der Waals surface area contributed by atoms with E-state index in [2.05, 4.69) is 98.7 Å². The first-order valence-corrected chi connectivity index (χ1v) is 9.35. The van der Waals surface area contributed by atoms with Gasteiger partial charge in [-0.2, -0.15) is 0 Å². The Balaban J connectivity index is 2.42. The topological polar surface area (TPSA) is 0 Å². The molecule has 1 aliphatic carbocycles. The zero-order valence-electron chi connectivity index (χ0n) is 17.2. The van der Waals surface area contributed by atoms with Crippen LogP contribution in [0.4, 0.5) is 0 Å². The van der Waals surface area contributed by atoms with Gasteiger partial charge in [0.2, 0.25) is 0 Å². The lowest BCUT2D eigenvalue weighted by molar-refractivity contribution is 0.563. The summed E-state index contributed by atoms with van der Waals surface area (Å²) in [6.07, 6.45) is 8.13. The van der Waals surface area contributed by atoms with E-state index < -0.39 is 0 Å². The minimum absolute atomic E-state index is 0.189. The van der Waals surface area contributed by atoms with E-state index in [1.807, 2.05) is 0 Å². The largest absolute Gasteiger partial charge is 0.0847 e. The van der Waals surface area contributed by atoms with E-state index in [0.29, 0.717) is 11.3 Å². The van der Waals surface area contributed by atoms with Crippen molar-refractivity contribution in [3.05, 3.63) is 58.7 Å². The number of hydrogen-bond acceptors (Lipinski definition) is 0. The van der Waals surface area contributed by atoms with Gasteiger partial charge in [0.1, 0.15) is 0 Å². The maximum absolute atomic E-state index is 2.46. The van der Waals surface area contributed by atoms with Gasteiger partial charge in [0.15, 0.2) is 0 Å². The summed E-state index contributed by atoms with van der Waals surface area (Å²) in [5.74, 6) is 0.662. The van der Waals surface area contributed by atoms with Crippen LogP contribution in [0, 0.1) is 5.92 Å². The number of allylic oxidation sites excluding steroid dienone is 4. The van der Waals surface area contributed by atoms with Gasteiger partial charge in [0.25, 0.3) is 0 Å². The average molecular weight is 325 g/mol. The molecule has 0 heterocycles. The summed E-state index contributed by atoms with van der Waals surface area (Å²) in [6.45, 7) is 20.6. The molecule has 1 saturated carbocycles. The maximum atomic E-state index is 2.46. The minimum Gasteiger partial charge on any atom is -0.0847 e. The number of hydrogen-bond donors (Lipinski definition) is 0. The van der Waals surface area contributed by atoms with Crippen LogP contribution in [0.5, 0.6) is 0 Å². The van der Waals surface area contributed by atoms with Crippen LogP contribution in [0.15, 0.2) is 42.0 Å². The van der Waals surface area contributed by atoms with E-state index in [-0.39, 0.29) is 10.8 Å². The van der Waals surface area contributed by atoms with Crippen LogP contribution in [-0.4, -0.2) is 0 Å². The number of rotatable bonds is 3. The molecule has 2 atom stereocenters. The highest BCUT2D eigenvalue weighted by Gasteiger charge is 2.49. The number of benzene rings is 1. The summed E-state index contributed by atoms with van der Waals surface area (Å²) in [7, 11) is 0. The maximum Gasteiger partial charge on any atom is -0.000601 e. The first kappa shape index (κ1) is 19.0. The zero-order chi connectivity index (χ0) is 18.3. The van der Waals surface area contributed by atoms with Crippen LogP contribution in [0.2, 0.25) is 0 Å². The molecule has 0 unspecified atom stereocenters. The van der Waals surface area contributed by atoms with Crippen molar-refractivity contribution in [2.45, 2.75) is 85.0 Å². The summed E-state index contributed by atoms with van der Waals surface area (Å²) in [5.41, 5.74) is 6.47. The van der Waals surface area contributed by atoms with Crippen molar-refractivity contribution >= 4 is 0 Å². The lowest BCUT2D eigenvalue weighted by atomic mass is 9.77. The second-order valence-corrected chi connectivity index (χ2v) is 9.92. The Morgan fingerprint density at radius 2 is 1.50 bits per heavy atom. The van der Waals surface area contributed by atoms with Crippen LogP contribution < -0.4 is 0 Å². The van der Waals surface area contributed by atoms with Crippen molar-refractivity contribution in [2.75, 3.05) is 0 Å². The standard InChI is InChI=1S/C24H36/c1-10-17(2)11-12-18-16-24(18,9)21-14-19(22(3,4)5)13-20(15-21)23(6,7)8/h10-15,18H,16H2,1-9H3/b12-11+,17-10+/t18-,24+/m1/s1. The zero-order valence-corrected chi connectivity index (χ0v) is 17.2. The summed E-state index contributed by atoms with van der Waals surface area (Å²) >= 11 is 0. The van der Waals surface area contributed by atoms with Crippen LogP contribution in [0.1, 0.15) is 85.4 Å². The first-order chi connectivity index (χ1) is 10.9. The molecule has 1 aliphatic rings. The molecule has 0 spiro atoms. The quantitative estimate of drug-likeness (QED) is 0.521. The summed E-state index contributed by atoms with van der Waals surface area (Å²) in [4.78, 5) is 0. The molecule has 2 rings (SSSR count). The molecule has 0 nitrogen and oxygen atoms in total. The Kier molecular flexibility index (Phi) is 4.92. The summed E-state index contributed by atoms with van der Waals surface area (Å²) in [6, 6.07) is 7.35. The lowest BCUT2D eigenvalue weighted by Gasteiger charge is -2.27. The Hall–Kier alpha value is -1.30. The fourth-order valence-corrected chi connectivity index (χ4v) is 3.20. The molecule has 0 saturated heterocycles. The monoisotopic (exact) mass is 324 g/mol. The van der Waals surface area contributed by atoms with Gasteiger partial charge in [-0.3, -0.25) is 0 Å². The summed E-state index contributed by atoms with van der Waals surface area (Å²) < 4.78 is 0. The Labute approximate surface area is 150 Å². The van der Waals surface area contributed by atoms with Gasteiger partial charge in [0, 0.05) is 0 Å². The first-order valence-electron chi connectivity index (χ1n) is 9.35. The Morgan fingerprint density at radius 1 is 1.00 bits per heavy atom. The molecule has 0 aliphatic heterocycles. The fourth-order valence-electron chi connectivity index (χ4n) is 3.20. The van der Waals surface area contributed by atoms with Crippen molar-refractivity contribution in [3.8, 4) is 0 Å². The molecule has 0 heteroatoms. The molecule has 0 bridgehead atoms. The second-order valence-electron chi connectivity index (χ2n) is 9.92. The molecular weight excluding hydrogens is 288 g/mol. The molecule has 1 aromatic carbocycles. The van der Waals surface area contributed by atoms with Crippen LogP contribution in [0.25, 0.3) is 0 Å². The third-order valence-electron chi connectivity index (χ3n) is 5.67.